The Kier molecular flexibility index (Phi) is 6.41. The molecule has 0 radical (unpaired) electrons. The molecule has 3 aromatic rings. The molecule has 0 spiro atoms. The van der Waals surface area contributed by atoms with Crippen molar-refractivity contribution in [1.29, 1.82) is 0 Å². The van der Waals surface area contributed by atoms with Gasteiger partial charge in [-0.15, -0.1) is 10.2 Å². The number of carbonyl (C=O) groups excluding carboxylic acids is 1. The first kappa shape index (κ1) is 19.2. The SMILES string of the molecule is COc1ccc(CCNc2ccc(C(=O)Nc3ccc(OC)cc3)nn2)cc1. The Morgan fingerprint density at radius 1 is 0.857 bits per heavy atom. The molecule has 2 aromatic carbocycles. The topological polar surface area (TPSA) is 85.4 Å². The lowest BCUT2D eigenvalue weighted by Crippen LogP contribution is -2.15. The number of rotatable bonds is 8. The van der Waals surface area contributed by atoms with Gasteiger partial charge in [-0.2, -0.15) is 0 Å². The smallest absolute Gasteiger partial charge is 0.276 e. The highest BCUT2D eigenvalue weighted by atomic mass is 16.5. The molecule has 0 fully saturated rings. The number of benzene rings is 2. The zero-order valence-corrected chi connectivity index (χ0v) is 15.8. The van der Waals surface area contributed by atoms with Crippen molar-refractivity contribution in [2.75, 3.05) is 31.4 Å². The molecule has 0 aliphatic rings. The average molecular weight is 378 g/mol. The highest BCUT2D eigenvalue weighted by molar-refractivity contribution is 6.02. The third kappa shape index (κ3) is 5.20. The van der Waals surface area contributed by atoms with E-state index in [-0.39, 0.29) is 11.6 Å². The summed E-state index contributed by atoms with van der Waals surface area (Å²) in [5, 5.41) is 14.0. The molecule has 0 unspecified atom stereocenters. The van der Waals surface area contributed by atoms with Crippen molar-refractivity contribution >= 4 is 17.4 Å². The lowest BCUT2D eigenvalue weighted by molar-refractivity contribution is 0.102. The maximum absolute atomic E-state index is 12.3. The van der Waals surface area contributed by atoms with Crippen LogP contribution in [0.15, 0.2) is 60.7 Å². The maximum atomic E-state index is 12.3. The molecule has 0 aliphatic carbocycles. The molecule has 1 heterocycles. The molecule has 144 valence electrons. The predicted molar refractivity (Wildman–Crippen MR) is 108 cm³/mol. The van der Waals surface area contributed by atoms with Crippen LogP contribution < -0.4 is 20.1 Å². The molecule has 0 saturated heterocycles. The van der Waals surface area contributed by atoms with E-state index in [0.29, 0.717) is 18.1 Å². The molecule has 0 aliphatic heterocycles. The Morgan fingerprint density at radius 3 is 2.07 bits per heavy atom. The highest BCUT2D eigenvalue weighted by Crippen LogP contribution is 2.16. The van der Waals surface area contributed by atoms with Crippen molar-refractivity contribution in [2.45, 2.75) is 6.42 Å². The van der Waals surface area contributed by atoms with Crippen LogP contribution in [0.5, 0.6) is 11.5 Å². The summed E-state index contributed by atoms with van der Waals surface area (Å²) in [6.07, 6.45) is 0.839. The molecule has 0 saturated carbocycles. The quantitative estimate of drug-likeness (QED) is 0.625. The summed E-state index contributed by atoms with van der Waals surface area (Å²) < 4.78 is 10.2. The first-order chi connectivity index (χ1) is 13.7. The van der Waals surface area contributed by atoms with E-state index in [2.05, 4.69) is 20.8 Å². The Bertz CT molecular complexity index is 894. The van der Waals surface area contributed by atoms with Gasteiger partial charge in [0.2, 0.25) is 0 Å². The van der Waals surface area contributed by atoms with Crippen molar-refractivity contribution in [3.63, 3.8) is 0 Å². The summed E-state index contributed by atoms with van der Waals surface area (Å²) in [7, 11) is 3.24. The molecule has 2 N–H and O–H groups in total. The summed E-state index contributed by atoms with van der Waals surface area (Å²) >= 11 is 0. The molecule has 0 bridgehead atoms. The number of ether oxygens (including phenoxy) is 2. The molecule has 3 rings (SSSR count). The van der Waals surface area contributed by atoms with E-state index in [1.165, 1.54) is 5.56 Å². The maximum Gasteiger partial charge on any atom is 0.276 e. The Morgan fingerprint density at radius 2 is 1.50 bits per heavy atom. The molecule has 1 aromatic heterocycles. The van der Waals surface area contributed by atoms with Gasteiger partial charge in [-0.25, -0.2) is 0 Å². The van der Waals surface area contributed by atoms with Gasteiger partial charge in [0.05, 0.1) is 14.2 Å². The van der Waals surface area contributed by atoms with Gasteiger partial charge in [-0.3, -0.25) is 4.79 Å². The third-order valence-electron chi connectivity index (χ3n) is 4.12. The minimum Gasteiger partial charge on any atom is -0.497 e. The molecule has 0 atom stereocenters. The second-order valence-corrected chi connectivity index (χ2v) is 6.01. The largest absolute Gasteiger partial charge is 0.497 e. The third-order valence-corrected chi connectivity index (χ3v) is 4.12. The van der Waals surface area contributed by atoms with Gasteiger partial charge in [-0.1, -0.05) is 12.1 Å². The van der Waals surface area contributed by atoms with E-state index in [9.17, 15) is 4.79 Å². The van der Waals surface area contributed by atoms with Crippen LogP contribution in [0.3, 0.4) is 0 Å². The summed E-state index contributed by atoms with van der Waals surface area (Å²) in [5.41, 5.74) is 2.10. The highest BCUT2D eigenvalue weighted by Gasteiger charge is 2.09. The van der Waals surface area contributed by atoms with Crippen LogP contribution in [0.1, 0.15) is 16.1 Å². The number of nitrogens with zero attached hydrogens (tertiary/aromatic N) is 2. The zero-order chi connectivity index (χ0) is 19.8. The van der Waals surface area contributed by atoms with Crippen molar-refractivity contribution in [1.82, 2.24) is 10.2 Å². The number of amides is 1. The van der Waals surface area contributed by atoms with Crippen LogP contribution >= 0.6 is 0 Å². The number of aromatic nitrogens is 2. The normalized spacial score (nSPS) is 10.2. The minimum atomic E-state index is -0.317. The second kappa shape index (κ2) is 9.36. The summed E-state index contributed by atoms with van der Waals surface area (Å²) in [4.78, 5) is 12.3. The van der Waals surface area contributed by atoms with Crippen molar-refractivity contribution in [3.05, 3.63) is 71.9 Å². The fourth-order valence-electron chi connectivity index (χ4n) is 2.54. The van der Waals surface area contributed by atoms with E-state index in [1.807, 2.05) is 24.3 Å². The van der Waals surface area contributed by atoms with Gasteiger partial charge in [0.25, 0.3) is 5.91 Å². The Balaban J connectivity index is 1.49. The Hall–Kier alpha value is -3.61. The number of hydrogen-bond donors (Lipinski definition) is 2. The van der Waals surface area contributed by atoms with Crippen LogP contribution in [0.25, 0.3) is 0 Å². The molecule has 1 amide bonds. The Labute approximate surface area is 163 Å². The minimum absolute atomic E-state index is 0.247. The van der Waals surface area contributed by atoms with E-state index in [0.717, 1.165) is 17.9 Å². The van der Waals surface area contributed by atoms with E-state index in [4.69, 9.17) is 9.47 Å². The first-order valence-corrected chi connectivity index (χ1v) is 8.84. The number of anilines is 2. The van der Waals surface area contributed by atoms with E-state index < -0.39 is 0 Å². The van der Waals surface area contributed by atoms with Gasteiger partial charge in [0.15, 0.2) is 5.69 Å². The fourth-order valence-corrected chi connectivity index (χ4v) is 2.54. The lowest BCUT2D eigenvalue weighted by Gasteiger charge is -2.08. The molecule has 7 nitrogen and oxygen atoms in total. The van der Waals surface area contributed by atoms with E-state index >= 15 is 0 Å². The number of methoxy groups -OCH3 is 2. The number of nitrogens with one attached hydrogen (secondary N) is 2. The van der Waals surface area contributed by atoms with Crippen LogP contribution in [-0.4, -0.2) is 36.9 Å². The molecular formula is C21H22N4O3. The van der Waals surface area contributed by atoms with Crippen LogP contribution in [-0.2, 0) is 6.42 Å². The van der Waals surface area contributed by atoms with Gasteiger partial charge >= 0.3 is 0 Å². The molecular weight excluding hydrogens is 356 g/mol. The molecule has 28 heavy (non-hydrogen) atoms. The summed E-state index contributed by atoms with van der Waals surface area (Å²) in [6, 6.07) is 18.4. The number of hydrogen-bond acceptors (Lipinski definition) is 6. The zero-order valence-electron chi connectivity index (χ0n) is 15.8. The van der Waals surface area contributed by atoms with E-state index in [1.54, 1.807) is 50.6 Å². The van der Waals surface area contributed by atoms with Gasteiger partial charge in [0, 0.05) is 12.2 Å². The monoisotopic (exact) mass is 378 g/mol. The van der Waals surface area contributed by atoms with Gasteiger partial charge < -0.3 is 20.1 Å². The summed E-state index contributed by atoms with van der Waals surface area (Å²) in [6.45, 7) is 0.707. The standard InChI is InChI=1S/C21H22N4O3/c1-27-17-7-3-15(4-8-17)13-14-22-20-12-11-19(24-25-20)21(26)23-16-5-9-18(28-2)10-6-16/h3-12H,13-14H2,1-2H3,(H,22,25)(H,23,26). The number of carbonyl (C=O) groups is 1. The first-order valence-electron chi connectivity index (χ1n) is 8.84. The summed E-state index contributed by atoms with van der Waals surface area (Å²) in [5.74, 6) is 1.87. The predicted octanol–water partition coefficient (Wildman–Crippen LogP) is 3.40. The van der Waals surface area contributed by atoms with Crippen molar-refractivity contribution < 1.29 is 14.3 Å². The lowest BCUT2D eigenvalue weighted by atomic mass is 10.1. The molecule has 7 heteroatoms. The van der Waals surface area contributed by atoms with Gasteiger partial charge in [-0.05, 0) is 60.5 Å². The van der Waals surface area contributed by atoms with Crippen molar-refractivity contribution in [3.8, 4) is 11.5 Å². The average Bonchev–Trinajstić information content (AvgIpc) is 2.75. The van der Waals surface area contributed by atoms with Crippen molar-refractivity contribution in [2.24, 2.45) is 0 Å². The fraction of sp³-hybridized carbons (Fsp3) is 0.190. The van der Waals surface area contributed by atoms with Gasteiger partial charge in [0.1, 0.15) is 17.3 Å². The van der Waals surface area contributed by atoms with Crippen LogP contribution in [0, 0.1) is 0 Å². The second-order valence-electron chi connectivity index (χ2n) is 6.01. The van der Waals surface area contributed by atoms with Crippen LogP contribution in [0.2, 0.25) is 0 Å². The van der Waals surface area contributed by atoms with Crippen LogP contribution in [0.4, 0.5) is 11.5 Å².